The Bertz CT molecular complexity index is 575. The Labute approximate surface area is 139 Å². The second-order valence-electron chi connectivity index (χ2n) is 5.76. The van der Waals surface area contributed by atoms with Crippen LogP contribution in [-0.4, -0.2) is 12.6 Å². The molecule has 0 radical (unpaired) electrons. The van der Waals surface area contributed by atoms with Crippen molar-refractivity contribution in [3.05, 3.63) is 69.2 Å². The number of nitrogens with one attached hydrogen (secondary N) is 1. The van der Waals surface area contributed by atoms with Gasteiger partial charge in [0.1, 0.15) is 0 Å². The zero-order chi connectivity index (χ0) is 14.7. The van der Waals surface area contributed by atoms with Gasteiger partial charge < -0.3 is 5.32 Å². The second kappa shape index (κ2) is 6.95. The van der Waals surface area contributed by atoms with E-state index in [1.165, 1.54) is 24.0 Å². The minimum absolute atomic E-state index is 0.490. The summed E-state index contributed by atoms with van der Waals surface area (Å²) >= 11 is 9.51. The van der Waals surface area contributed by atoms with E-state index in [2.05, 4.69) is 57.6 Å². The summed E-state index contributed by atoms with van der Waals surface area (Å²) < 4.78 is 1.13. The lowest BCUT2D eigenvalue weighted by Gasteiger charge is -2.18. The third kappa shape index (κ3) is 4.57. The number of rotatable bonds is 6. The molecule has 1 aliphatic rings. The standard InChI is InChI=1S/C18H19BrClN/c19-16-5-1-13(2-6-16)11-15(12-21-18-9-10-18)14-3-7-17(20)8-4-14/h1-8,15,18,21H,9-12H2. The highest BCUT2D eigenvalue weighted by Crippen LogP contribution is 2.25. The van der Waals surface area contributed by atoms with E-state index in [-0.39, 0.29) is 0 Å². The maximum Gasteiger partial charge on any atom is 0.0406 e. The van der Waals surface area contributed by atoms with Crippen LogP contribution in [-0.2, 0) is 6.42 Å². The smallest absolute Gasteiger partial charge is 0.0406 e. The molecule has 1 nitrogen and oxygen atoms in total. The SMILES string of the molecule is Clc1ccc(C(CNC2CC2)Cc2ccc(Br)cc2)cc1. The monoisotopic (exact) mass is 363 g/mol. The average Bonchev–Trinajstić information content (AvgIpc) is 3.31. The van der Waals surface area contributed by atoms with Gasteiger partial charge in [0.2, 0.25) is 0 Å². The maximum atomic E-state index is 6.01. The van der Waals surface area contributed by atoms with Gasteiger partial charge in [-0.15, -0.1) is 0 Å². The first kappa shape index (κ1) is 15.1. The average molecular weight is 365 g/mol. The minimum atomic E-state index is 0.490. The molecule has 110 valence electrons. The van der Waals surface area contributed by atoms with Gasteiger partial charge in [-0.2, -0.15) is 0 Å². The van der Waals surface area contributed by atoms with Crippen LogP contribution in [0.25, 0.3) is 0 Å². The molecular formula is C18H19BrClN. The molecule has 2 aromatic rings. The molecular weight excluding hydrogens is 346 g/mol. The Morgan fingerprint density at radius 2 is 1.71 bits per heavy atom. The van der Waals surface area contributed by atoms with E-state index in [1.807, 2.05) is 12.1 Å². The highest BCUT2D eigenvalue weighted by Gasteiger charge is 2.22. The van der Waals surface area contributed by atoms with Crippen molar-refractivity contribution in [2.75, 3.05) is 6.54 Å². The van der Waals surface area contributed by atoms with E-state index >= 15 is 0 Å². The summed E-state index contributed by atoms with van der Waals surface area (Å²) in [6.45, 7) is 1.03. The van der Waals surface area contributed by atoms with E-state index in [0.717, 1.165) is 28.5 Å². The molecule has 3 heteroatoms. The molecule has 0 bridgehead atoms. The molecule has 0 aliphatic heterocycles. The topological polar surface area (TPSA) is 12.0 Å². The van der Waals surface area contributed by atoms with Crippen molar-refractivity contribution >= 4 is 27.5 Å². The van der Waals surface area contributed by atoms with Crippen molar-refractivity contribution in [1.29, 1.82) is 0 Å². The van der Waals surface area contributed by atoms with Crippen LogP contribution < -0.4 is 5.32 Å². The zero-order valence-electron chi connectivity index (χ0n) is 11.9. The van der Waals surface area contributed by atoms with Crippen LogP contribution in [0.5, 0.6) is 0 Å². The maximum absolute atomic E-state index is 6.01. The van der Waals surface area contributed by atoms with Gasteiger partial charge in [-0.3, -0.25) is 0 Å². The summed E-state index contributed by atoms with van der Waals surface area (Å²) in [5.41, 5.74) is 2.73. The summed E-state index contributed by atoms with van der Waals surface area (Å²) in [6.07, 6.45) is 3.70. The van der Waals surface area contributed by atoms with E-state index in [1.54, 1.807) is 0 Å². The second-order valence-corrected chi connectivity index (χ2v) is 7.11. The Morgan fingerprint density at radius 3 is 2.33 bits per heavy atom. The number of benzene rings is 2. The highest BCUT2D eigenvalue weighted by atomic mass is 79.9. The van der Waals surface area contributed by atoms with Crippen molar-refractivity contribution in [3.63, 3.8) is 0 Å². The lowest BCUT2D eigenvalue weighted by atomic mass is 9.92. The van der Waals surface area contributed by atoms with Crippen molar-refractivity contribution < 1.29 is 0 Å². The van der Waals surface area contributed by atoms with Crippen molar-refractivity contribution in [2.24, 2.45) is 0 Å². The first-order chi connectivity index (χ1) is 10.2. The molecule has 2 aromatic carbocycles. The molecule has 1 fully saturated rings. The van der Waals surface area contributed by atoms with Gasteiger partial charge in [0.25, 0.3) is 0 Å². The van der Waals surface area contributed by atoms with Crippen LogP contribution >= 0.6 is 27.5 Å². The molecule has 0 heterocycles. The van der Waals surface area contributed by atoms with Crippen LogP contribution in [0.15, 0.2) is 53.0 Å². The third-order valence-corrected chi connectivity index (χ3v) is 4.75. The zero-order valence-corrected chi connectivity index (χ0v) is 14.2. The predicted octanol–water partition coefficient (Wildman–Crippen LogP) is 5.18. The van der Waals surface area contributed by atoms with Gasteiger partial charge in [0.15, 0.2) is 0 Å². The van der Waals surface area contributed by atoms with Crippen LogP contribution in [0.1, 0.15) is 29.9 Å². The molecule has 0 spiro atoms. The summed E-state index contributed by atoms with van der Waals surface area (Å²) in [6, 6.07) is 17.6. The van der Waals surface area contributed by atoms with Gasteiger partial charge in [-0.05, 0) is 54.7 Å². The van der Waals surface area contributed by atoms with Crippen LogP contribution in [0.3, 0.4) is 0 Å². The van der Waals surface area contributed by atoms with E-state index in [4.69, 9.17) is 11.6 Å². The summed E-state index contributed by atoms with van der Waals surface area (Å²) in [7, 11) is 0. The fourth-order valence-corrected chi connectivity index (χ4v) is 2.93. The van der Waals surface area contributed by atoms with E-state index in [9.17, 15) is 0 Å². The van der Waals surface area contributed by atoms with E-state index in [0.29, 0.717) is 5.92 Å². The molecule has 1 aliphatic carbocycles. The molecule has 21 heavy (non-hydrogen) atoms. The molecule has 0 amide bonds. The number of hydrogen-bond donors (Lipinski definition) is 1. The Balaban J connectivity index is 1.73. The fourth-order valence-electron chi connectivity index (χ4n) is 2.54. The summed E-state index contributed by atoms with van der Waals surface area (Å²) in [5, 5.41) is 4.46. The number of halogens is 2. The largest absolute Gasteiger partial charge is 0.313 e. The van der Waals surface area contributed by atoms with Gasteiger partial charge in [-0.25, -0.2) is 0 Å². The Kier molecular flexibility index (Phi) is 4.99. The third-order valence-electron chi connectivity index (χ3n) is 3.97. The predicted molar refractivity (Wildman–Crippen MR) is 93.1 cm³/mol. The van der Waals surface area contributed by atoms with Crippen molar-refractivity contribution in [1.82, 2.24) is 5.32 Å². The first-order valence-corrected chi connectivity index (χ1v) is 8.61. The summed E-state index contributed by atoms with van der Waals surface area (Å²) in [5.74, 6) is 0.490. The van der Waals surface area contributed by atoms with Gasteiger partial charge in [0, 0.05) is 28.0 Å². The molecule has 1 unspecified atom stereocenters. The molecule has 1 atom stereocenters. The Hall–Kier alpha value is -0.830. The number of hydrogen-bond acceptors (Lipinski definition) is 1. The molecule has 1 saturated carbocycles. The molecule has 3 rings (SSSR count). The lowest BCUT2D eigenvalue weighted by Crippen LogP contribution is -2.24. The van der Waals surface area contributed by atoms with Gasteiger partial charge in [-0.1, -0.05) is 51.8 Å². The van der Waals surface area contributed by atoms with Gasteiger partial charge >= 0.3 is 0 Å². The molecule has 0 saturated heterocycles. The van der Waals surface area contributed by atoms with Crippen molar-refractivity contribution in [3.8, 4) is 0 Å². The van der Waals surface area contributed by atoms with Crippen molar-refractivity contribution in [2.45, 2.75) is 31.2 Å². The molecule has 1 N–H and O–H groups in total. The highest BCUT2D eigenvalue weighted by molar-refractivity contribution is 9.10. The quantitative estimate of drug-likeness (QED) is 0.744. The van der Waals surface area contributed by atoms with Crippen LogP contribution in [0, 0.1) is 0 Å². The summed E-state index contributed by atoms with van der Waals surface area (Å²) in [4.78, 5) is 0. The van der Waals surface area contributed by atoms with Gasteiger partial charge in [0.05, 0.1) is 0 Å². The van der Waals surface area contributed by atoms with Crippen LogP contribution in [0.2, 0.25) is 5.02 Å². The molecule has 0 aromatic heterocycles. The lowest BCUT2D eigenvalue weighted by molar-refractivity contribution is 0.577. The van der Waals surface area contributed by atoms with E-state index < -0.39 is 0 Å². The first-order valence-electron chi connectivity index (χ1n) is 7.44. The van der Waals surface area contributed by atoms with Crippen LogP contribution in [0.4, 0.5) is 0 Å². The Morgan fingerprint density at radius 1 is 1.05 bits per heavy atom. The fraction of sp³-hybridized carbons (Fsp3) is 0.333. The normalized spacial score (nSPS) is 15.9. The minimum Gasteiger partial charge on any atom is -0.313 e.